The molecule has 2 heterocycles. The van der Waals surface area contributed by atoms with Gasteiger partial charge in [-0.25, -0.2) is 4.90 Å². The van der Waals surface area contributed by atoms with Crippen molar-refractivity contribution in [3.63, 3.8) is 0 Å². The maximum absolute atomic E-state index is 13.8. The van der Waals surface area contributed by atoms with Gasteiger partial charge < -0.3 is 4.74 Å². The van der Waals surface area contributed by atoms with E-state index < -0.39 is 46.9 Å². The van der Waals surface area contributed by atoms with E-state index in [1.165, 1.54) is 0 Å². The molecule has 2 saturated heterocycles. The number of benzene rings is 3. The zero-order chi connectivity index (χ0) is 23.8. The van der Waals surface area contributed by atoms with Gasteiger partial charge in [-0.2, -0.15) is 0 Å². The van der Waals surface area contributed by atoms with Gasteiger partial charge in [0.05, 0.1) is 23.6 Å². The van der Waals surface area contributed by atoms with Crippen molar-refractivity contribution in [1.29, 1.82) is 0 Å². The van der Waals surface area contributed by atoms with Crippen molar-refractivity contribution in [2.75, 3.05) is 4.90 Å². The monoisotopic (exact) mass is 535 g/mol. The first-order valence-electron chi connectivity index (χ1n) is 10.6. The summed E-state index contributed by atoms with van der Waals surface area (Å²) in [7, 11) is 0. The van der Waals surface area contributed by atoms with Crippen molar-refractivity contribution < 1.29 is 23.9 Å². The highest BCUT2D eigenvalue weighted by Crippen LogP contribution is 2.58. The number of rotatable bonds is 2. The summed E-state index contributed by atoms with van der Waals surface area (Å²) in [4.78, 5) is 56.0. The van der Waals surface area contributed by atoms with Crippen LogP contribution < -0.4 is 4.90 Å². The van der Waals surface area contributed by atoms with Crippen LogP contribution in [0.2, 0.25) is 5.02 Å². The second-order valence-electron chi connectivity index (χ2n) is 8.49. The first-order valence-corrected chi connectivity index (χ1v) is 11.8. The van der Waals surface area contributed by atoms with Crippen molar-refractivity contribution >= 4 is 56.6 Å². The van der Waals surface area contributed by atoms with Gasteiger partial charge in [-0.15, -0.1) is 0 Å². The Kier molecular flexibility index (Phi) is 4.68. The van der Waals surface area contributed by atoms with E-state index in [9.17, 15) is 19.2 Å². The zero-order valence-corrected chi connectivity index (χ0v) is 19.7. The summed E-state index contributed by atoms with van der Waals surface area (Å²) in [6.45, 7) is 0. The smallest absolute Gasteiger partial charge is 0.241 e. The minimum atomic E-state index is -2.12. The second kappa shape index (κ2) is 7.43. The molecule has 168 valence electrons. The number of carbonyl (C=O) groups excluding carboxylic acids is 4. The molecule has 6 rings (SSSR count). The van der Waals surface area contributed by atoms with Gasteiger partial charge in [0.1, 0.15) is 0 Å². The summed E-state index contributed by atoms with van der Waals surface area (Å²) >= 11 is 9.79. The number of hydrogen-bond donors (Lipinski definition) is 0. The SMILES string of the molecule is O=C1C2C(c3ccccc3Cl)OC3(C(=O)c4ccccc4C3=O)C2C(=O)N1c1ccc(Br)cc1. The number of ketones is 2. The molecule has 1 aliphatic carbocycles. The van der Waals surface area contributed by atoms with Gasteiger partial charge >= 0.3 is 0 Å². The number of anilines is 1. The number of halogens is 2. The number of hydrogen-bond acceptors (Lipinski definition) is 5. The van der Waals surface area contributed by atoms with Crippen LogP contribution in [0.3, 0.4) is 0 Å². The van der Waals surface area contributed by atoms with Crippen LogP contribution >= 0.6 is 27.5 Å². The summed E-state index contributed by atoms with van der Waals surface area (Å²) in [5.41, 5.74) is -0.932. The van der Waals surface area contributed by atoms with E-state index in [1.807, 2.05) is 0 Å². The zero-order valence-electron chi connectivity index (χ0n) is 17.4. The normalized spacial score (nSPS) is 24.8. The Hall–Kier alpha value is -3.13. The lowest BCUT2D eigenvalue weighted by atomic mass is 9.77. The third-order valence-electron chi connectivity index (χ3n) is 6.82. The molecule has 34 heavy (non-hydrogen) atoms. The largest absolute Gasteiger partial charge is 0.349 e. The molecule has 2 fully saturated rings. The molecule has 2 amide bonds. The van der Waals surface area contributed by atoms with Crippen molar-refractivity contribution in [3.8, 4) is 0 Å². The van der Waals surface area contributed by atoms with Gasteiger partial charge in [-0.1, -0.05) is 70.0 Å². The van der Waals surface area contributed by atoms with E-state index in [-0.39, 0.29) is 11.1 Å². The molecule has 3 aliphatic rings. The van der Waals surface area contributed by atoms with Crippen LogP contribution in [0.5, 0.6) is 0 Å². The molecule has 3 aromatic rings. The maximum Gasteiger partial charge on any atom is 0.241 e. The van der Waals surface area contributed by atoms with Gasteiger partial charge in [0.25, 0.3) is 0 Å². The van der Waals surface area contributed by atoms with E-state index in [2.05, 4.69) is 15.9 Å². The number of Topliss-reactive ketones (excluding diaryl/α,β-unsaturated/α-hetero) is 2. The third-order valence-corrected chi connectivity index (χ3v) is 7.69. The predicted molar refractivity (Wildman–Crippen MR) is 127 cm³/mol. The Morgan fingerprint density at radius 1 is 0.794 bits per heavy atom. The Morgan fingerprint density at radius 2 is 1.38 bits per heavy atom. The fourth-order valence-corrected chi connectivity index (χ4v) is 5.86. The summed E-state index contributed by atoms with van der Waals surface area (Å²) < 4.78 is 7.01. The first-order chi connectivity index (χ1) is 16.4. The minimum Gasteiger partial charge on any atom is -0.349 e. The van der Waals surface area contributed by atoms with Crippen molar-refractivity contribution in [1.82, 2.24) is 0 Å². The molecule has 3 aromatic carbocycles. The van der Waals surface area contributed by atoms with Crippen LogP contribution in [-0.4, -0.2) is 29.0 Å². The highest BCUT2D eigenvalue weighted by Gasteiger charge is 2.74. The van der Waals surface area contributed by atoms with Gasteiger partial charge in [0, 0.05) is 26.2 Å². The van der Waals surface area contributed by atoms with Crippen molar-refractivity contribution in [2.45, 2.75) is 11.7 Å². The molecule has 0 N–H and O–H groups in total. The predicted octanol–water partition coefficient (Wildman–Crippen LogP) is 4.80. The highest BCUT2D eigenvalue weighted by atomic mass is 79.9. The third kappa shape index (κ3) is 2.66. The number of ether oxygens (including phenoxy) is 1. The molecular formula is C26H15BrClNO5. The van der Waals surface area contributed by atoms with Crippen LogP contribution in [-0.2, 0) is 14.3 Å². The molecule has 2 aliphatic heterocycles. The second-order valence-corrected chi connectivity index (χ2v) is 9.81. The molecule has 8 heteroatoms. The molecular weight excluding hydrogens is 522 g/mol. The number of carbonyl (C=O) groups is 4. The molecule has 0 saturated carbocycles. The molecule has 3 atom stereocenters. The van der Waals surface area contributed by atoms with Crippen molar-refractivity contribution in [3.05, 3.63) is 99.0 Å². The highest BCUT2D eigenvalue weighted by molar-refractivity contribution is 9.10. The average Bonchev–Trinajstić information content (AvgIpc) is 3.40. The standard InChI is InChI=1S/C26H15BrClNO5/c27-13-9-11-14(12-10-13)29-24(32)19-20(25(29)33)26(34-21(19)17-7-3-4-8-18(17)28)22(30)15-5-1-2-6-16(15)23(26)31/h1-12,19-21H. The number of fused-ring (bicyclic) bond motifs is 3. The number of imide groups is 1. The van der Waals surface area contributed by atoms with E-state index in [1.54, 1.807) is 72.8 Å². The van der Waals surface area contributed by atoms with Gasteiger partial charge in [-0.05, 0) is 30.3 Å². The fraction of sp³-hybridized carbons (Fsp3) is 0.154. The lowest BCUT2D eigenvalue weighted by molar-refractivity contribution is -0.127. The summed E-state index contributed by atoms with van der Waals surface area (Å²) in [6, 6.07) is 19.8. The minimum absolute atomic E-state index is 0.188. The van der Waals surface area contributed by atoms with Crippen LogP contribution in [0.25, 0.3) is 0 Å². The van der Waals surface area contributed by atoms with Gasteiger partial charge in [0.15, 0.2) is 0 Å². The molecule has 0 bridgehead atoms. The molecule has 3 unspecified atom stereocenters. The maximum atomic E-state index is 13.8. The average molecular weight is 537 g/mol. The molecule has 0 aromatic heterocycles. The summed E-state index contributed by atoms with van der Waals surface area (Å²) in [6.07, 6.45) is -1.04. The molecule has 6 nitrogen and oxygen atoms in total. The number of amides is 2. The molecule has 1 spiro atoms. The van der Waals surface area contributed by atoms with Crippen LogP contribution in [0.4, 0.5) is 5.69 Å². The first kappa shape index (κ1) is 21.4. The Labute approximate surface area is 207 Å². The fourth-order valence-electron chi connectivity index (χ4n) is 5.35. The quantitative estimate of drug-likeness (QED) is 0.347. The van der Waals surface area contributed by atoms with Crippen LogP contribution in [0.1, 0.15) is 32.4 Å². The Bertz CT molecular complexity index is 1380. The lowest BCUT2D eigenvalue weighted by Gasteiger charge is -2.27. The topological polar surface area (TPSA) is 80.8 Å². The van der Waals surface area contributed by atoms with Gasteiger partial charge in [-0.3, -0.25) is 19.2 Å². The summed E-state index contributed by atoms with van der Waals surface area (Å²) in [5, 5.41) is 0.320. The van der Waals surface area contributed by atoms with Gasteiger partial charge in [0.2, 0.25) is 29.0 Å². The van der Waals surface area contributed by atoms with E-state index in [0.29, 0.717) is 16.3 Å². The van der Waals surface area contributed by atoms with E-state index >= 15 is 0 Å². The van der Waals surface area contributed by atoms with E-state index in [0.717, 1.165) is 9.37 Å². The van der Waals surface area contributed by atoms with Crippen LogP contribution in [0.15, 0.2) is 77.3 Å². The Balaban J connectivity index is 1.56. The Morgan fingerprint density at radius 3 is 2.00 bits per heavy atom. The number of nitrogens with zero attached hydrogens (tertiary/aromatic N) is 1. The molecule has 0 radical (unpaired) electrons. The van der Waals surface area contributed by atoms with Crippen LogP contribution in [0, 0.1) is 11.8 Å². The lowest BCUT2D eigenvalue weighted by Crippen LogP contribution is -2.51. The van der Waals surface area contributed by atoms with E-state index in [4.69, 9.17) is 16.3 Å². The summed E-state index contributed by atoms with van der Waals surface area (Å²) in [5.74, 6) is -4.76. The van der Waals surface area contributed by atoms with Crippen molar-refractivity contribution in [2.24, 2.45) is 11.8 Å².